The van der Waals surface area contributed by atoms with E-state index in [0.29, 0.717) is 5.56 Å². The Bertz CT molecular complexity index is 1430. The highest BCUT2D eigenvalue weighted by Crippen LogP contribution is 2.39. The first kappa shape index (κ1) is 23.6. The van der Waals surface area contributed by atoms with Gasteiger partial charge in [0.15, 0.2) is 11.4 Å². The fraction of sp³-hybridized carbons (Fsp3) is 0.150. The van der Waals surface area contributed by atoms with Gasteiger partial charge in [0, 0.05) is 35.2 Å². The maximum Gasteiger partial charge on any atom is 0.435 e. The van der Waals surface area contributed by atoms with Crippen LogP contribution in [-0.2, 0) is 27.5 Å². The summed E-state index contributed by atoms with van der Waals surface area (Å²) in [5.41, 5.74) is -2.25. The molecular formula is C20H13ClF3N3O6S. The van der Waals surface area contributed by atoms with E-state index in [-0.39, 0.29) is 29.2 Å². The second-order valence-corrected chi connectivity index (χ2v) is 9.05. The van der Waals surface area contributed by atoms with Crippen LogP contribution < -0.4 is 9.46 Å². The maximum absolute atomic E-state index is 13.6. The summed E-state index contributed by atoms with van der Waals surface area (Å²) in [4.78, 5) is 19.1. The minimum atomic E-state index is -5.02. The van der Waals surface area contributed by atoms with Gasteiger partial charge in [0.05, 0.1) is 23.4 Å². The lowest BCUT2D eigenvalue weighted by molar-refractivity contribution is -0.140. The van der Waals surface area contributed by atoms with Gasteiger partial charge in [0.2, 0.25) is 5.88 Å². The third kappa shape index (κ3) is 4.31. The first-order valence-electron chi connectivity index (χ1n) is 9.23. The highest BCUT2D eigenvalue weighted by molar-refractivity contribution is 7.92. The zero-order valence-electron chi connectivity index (χ0n) is 17.0. The second kappa shape index (κ2) is 8.33. The molecule has 0 unspecified atom stereocenters. The summed E-state index contributed by atoms with van der Waals surface area (Å²) in [6, 6.07) is 4.01. The molecule has 2 N–H and O–H groups in total. The van der Waals surface area contributed by atoms with Crippen LogP contribution in [0.15, 0.2) is 41.6 Å². The molecule has 2 aromatic heterocycles. The van der Waals surface area contributed by atoms with Crippen LogP contribution in [0.3, 0.4) is 0 Å². The van der Waals surface area contributed by atoms with Crippen LogP contribution in [0.25, 0.3) is 11.1 Å². The van der Waals surface area contributed by atoms with Crippen molar-refractivity contribution in [2.24, 2.45) is 0 Å². The average Bonchev–Trinajstić information content (AvgIpc) is 2.77. The van der Waals surface area contributed by atoms with E-state index in [4.69, 9.17) is 21.1 Å². The molecule has 4 bridgehead atoms. The van der Waals surface area contributed by atoms with Gasteiger partial charge in [-0.1, -0.05) is 11.6 Å². The molecule has 1 aromatic carbocycles. The average molecular weight is 516 g/mol. The number of phenolic OH excluding ortho intramolecular Hbond substituents is 1. The number of anilines is 1. The van der Waals surface area contributed by atoms with Gasteiger partial charge in [-0.15, -0.1) is 0 Å². The van der Waals surface area contributed by atoms with E-state index in [2.05, 4.69) is 9.97 Å². The van der Waals surface area contributed by atoms with E-state index in [0.717, 1.165) is 24.4 Å². The summed E-state index contributed by atoms with van der Waals surface area (Å²) >= 11 is 5.87. The lowest BCUT2D eigenvalue weighted by Gasteiger charge is -2.16. The molecule has 0 saturated heterocycles. The minimum Gasteiger partial charge on any atom is -0.505 e. The summed E-state index contributed by atoms with van der Waals surface area (Å²) in [5, 5.41) is 9.65. The Morgan fingerprint density at radius 3 is 2.56 bits per heavy atom. The van der Waals surface area contributed by atoms with E-state index in [1.54, 1.807) is 4.72 Å². The van der Waals surface area contributed by atoms with Gasteiger partial charge in [0.25, 0.3) is 10.0 Å². The van der Waals surface area contributed by atoms with Gasteiger partial charge in [-0.3, -0.25) is 4.72 Å². The van der Waals surface area contributed by atoms with Gasteiger partial charge in [0.1, 0.15) is 11.5 Å². The van der Waals surface area contributed by atoms with Crippen molar-refractivity contribution in [2.75, 3.05) is 11.8 Å². The van der Waals surface area contributed by atoms with E-state index >= 15 is 0 Å². The molecule has 178 valence electrons. The fourth-order valence-electron chi connectivity index (χ4n) is 3.20. The first-order chi connectivity index (χ1) is 15.9. The lowest BCUT2D eigenvalue weighted by atomic mass is 10.0. The quantitative estimate of drug-likeness (QED) is 0.465. The Balaban J connectivity index is 2.03. The molecule has 0 saturated carbocycles. The number of cyclic esters (lactones) is 1. The topological polar surface area (TPSA) is 128 Å². The number of nitrogens with one attached hydrogen (secondary N) is 1. The van der Waals surface area contributed by atoms with Gasteiger partial charge >= 0.3 is 12.1 Å². The minimum absolute atomic E-state index is 0.0418. The number of carbonyl (C=O) groups excluding carboxylic acids is 1. The van der Waals surface area contributed by atoms with Crippen LogP contribution in [0.5, 0.6) is 11.6 Å². The first-order valence-corrected chi connectivity index (χ1v) is 11.1. The number of halogens is 4. The Morgan fingerprint density at radius 1 is 1.15 bits per heavy atom. The molecule has 1 aliphatic rings. The second-order valence-electron chi connectivity index (χ2n) is 6.99. The number of hydrogen-bond donors (Lipinski definition) is 2. The number of esters is 1. The van der Waals surface area contributed by atoms with Crippen LogP contribution in [0.4, 0.5) is 18.9 Å². The molecule has 3 aromatic rings. The van der Waals surface area contributed by atoms with Crippen molar-refractivity contribution in [1.82, 2.24) is 9.97 Å². The number of methoxy groups -OCH3 is 1. The van der Waals surface area contributed by atoms with Crippen LogP contribution in [-0.4, -0.2) is 36.6 Å². The summed E-state index contributed by atoms with van der Waals surface area (Å²) in [6.45, 7) is -0.378. The number of carbonyl (C=O) groups is 1. The number of phenols is 1. The molecule has 0 amide bonds. The summed E-state index contributed by atoms with van der Waals surface area (Å²) in [7, 11) is -3.53. The van der Waals surface area contributed by atoms with Crippen molar-refractivity contribution in [2.45, 2.75) is 17.7 Å². The number of alkyl halides is 3. The molecule has 0 spiro atoms. The molecule has 0 fully saturated rings. The van der Waals surface area contributed by atoms with Gasteiger partial charge in [-0.05, 0) is 18.2 Å². The third-order valence-electron chi connectivity index (χ3n) is 4.80. The Hall–Kier alpha value is -3.58. The van der Waals surface area contributed by atoms with E-state index in [1.807, 2.05) is 0 Å². The number of hydrogen-bond acceptors (Lipinski definition) is 8. The Kier molecular flexibility index (Phi) is 5.77. The predicted molar refractivity (Wildman–Crippen MR) is 112 cm³/mol. The van der Waals surface area contributed by atoms with Gasteiger partial charge in [-0.25, -0.2) is 23.2 Å². The molecule has 0 atom stereocenters. The van der Waals surface area contributed by atoms with Crippen molar-refractivity contribution >= 4 is 33.3 Å². The van der Waals surface area contributed by atoms with Crippen LogP contribution in [0, 0.1) is 0 Å². The highest BCUT2D eigenvalue weighted by Gasteiger charge is 2.37. The number of benzene rings is 1. The molecular weight excluding hydrogens is 503 g/mol. The third-order valence-corrected chi connectivity index (χ3v) is 6.46. The zero-order chi connectivity index (χ0) is 24.8. The molecule has 1 aliphatic heterocycles. The summed E-state index contributed by atoms with van der Waals surface area (Å²) in [5.74, 6) is -1.83. The normalized spacial score (nSPS) is 15.0. The smallest absolute Gasteiger partial charge is 0.435 e. The van der Waals surface area contributed by atoms with E-state index in [1.165, 1.54) is 19.4 Å². The maximum atomic E-state index is 13.6. The Morgan fingerprint density at radius 2 is 1.88 bits per heavy atom. The molecule has 0 aliphatic carbocycles. The number of sulfonamides is 1. The van der Waals surface area contributed by atoms with Crippen molar-refractivity contribution in [3.8, 4) is 22.8 Å². The molecule has 14 heteroatoms. The number of pyridine rings is 2. The largest absolute Gasteiger partial charge is 0.505 e. The lowest BCUT2D eigenvalue weighted by Crippen LogP contribution is -2.19. The highest BCUT2D eigenvalue weighted by atomic mass is 35.5. The number of rotatable bonds is 1. The van der Waals surface area contributed by atoms with Gasteiger partial charge < -0.3 is 14.6 Å². The summed E-state index contributed by atoms with van der Waals surface area (Å²) in [6.07, 6.45) is -2.89. The fourth-order valence-corrected chi connectivity index (χ4v) is 4.68. The zero-order valence-corrected chi connectivity index (χ0v) is 18.5. The summed E-state index contributed by atoms with van der Waals surface area (Å²) < 4.78 is 78.8. The van der Waals surface area contributed by atoms with Crippen molar-refractivity contribution in [3.05, 3.63) is 58.5 Å². The molecule has 4 rings (SSSR count). The standard InChI is InChI=1S/C20H13ClF3N3O6S/c1-32-16-5-11-8-33-19(29)9-2-13(21)17(28)15(4-9)34(30,31)27-14-3-10(12(11)7-25-16)6-26-18(14)20(22,23)24/h2-7,27-28H,8H2,1H3. The number of nitrogens with zero attached hydrogens (tertiary/aromatic N) is 2. The van der Waals surface area contributed by atoms with Crippen molar-refractivity contribution in [1.29, 1.82) is 0 Å². The SMILES string of the molecule is COc1cc2c(cn1)-c1cnc(C(F)(F)F)c(c1)NS(=O)(=O)c1cc(cc(Cl)c1O)C(=O)OC2. The molecule has 0 radical (unpaired) electrons. The van der Waals surface area contributed by atoms with Gasteiger partial charge in [-0.2, -0.15) is 13.2 Å². The number of aromatic hydroxyl groups is 1. The van der Waals surface area contributed by atoms with Crippen LogP contribution in [0.1, 0.15) is 21.6 Å². The Labute approximate surface area is 195 Å². The van der Waals surface area contributed by atoms with Crippen LogP contribution in [0.2, 0.25) is 5.02 Å². The van der Waals surface area contributed by atoms with E-state index < -0.39 is 49.2 Å². The molecule has 3 heterocycles. The van der Waals surface area contributed by atoms with Crippen LogP contribution >= 0.6 is 11.6 Å². The van der Waals surface area contributed by atoms with E-state index in [9.17, 15) is 31.5 Å². The van der Waals surface area contributed by atoms with Crippen molar-refractivity contribution < 1.29 is 41.0 Å². The molecule has 9 nitrogen and oxygen atoms in total. The molecule has 34 heavy (non-hydrogen) atoms. The monoisotopic (exact) mass is 515 g/mol. The number of fused-ring (bicyclic) bond motifs is 6. The number of aromatic nitrogens is 2. The predicted octanol–water partition coefficient (Wildman–Crippen LogP) is 4.00. The van der Waals surface area contributed by atoms with Crippen molar-refractivity contribution in [3.63, 3.8) is 0 Å². The number of ether oxygens (including phenoxy) is 2.